The molecule has 0 bridgehead atoms. The molecule has 0 amide bonds. The summed E-state index contributed by atoms with van der Waals surface area (Å²) in [7, 11) is 0. The Kier molecular flexibility index (Phi) is 6.73. The summed E-state index contributed by atoms with van der Waals surface area (Å²) >= 11 is 1.88. The van der Waals surface area contributed by atoms with Crippen molar-refractivity contribution in [1.29, 1.82) is 0 Å². The lowest BCUT2D eigenvalue weighted by molar-refractivity contribution is 1.39. The van der Waals surface area contributed by atoms with Crippen LogP contribution < -0.4 is 16.4 Å². The van der Waals surface area contributed by atoms with Gasteiger partial charge in [-0.3, -0.25) is 0 Å². The lowest BCUT2D eigenvalue weighted by Crippen LogP contribution is -2.53. The molecule has 8 rings (SSSR count). The molecule has 2 heteroatoms. The summed E-state index contributed by atoms with van der Waals surface area (Å²) in [5, 5.41) is 2.67. The van der Waals surface area contributed by atoms with Gasteiger partial charge in [0, 0.05) is 15.2 Å². The van der Waals surface area contributed by atoms with Gasteiger partial charge in [0.2, 0.25) is 6.71 Å². The van der Waals surface area contributed by atoms with Crippen LogP contribution in [-0.4, -0.2) is 6.71 Å². The van der Waals surface area contributed by atoms with Crippen LogP contribution >= 0.6 is 11.8 Å². The molecule has 208 valence electrons. The molecule has 0 aliphatic carbocycles. The lowest BCUT2D eigenvalue weighted by atomic mass is 9.35. The highest BCUT2D eigenvalue weighted by atomic mass is 32.2. The van der Waals surface area contributed by atoms with E-state index in [1.54, 1.807) is 0 Å². The van der Waals surface area contributed by atoms with Crippen molar-refractivity contribution in [2.75, 3.05) is 0 Å². The topological polar surface area (TPSA) is 0 Å². The third kappa shape index (κ3) is 4.67. The fourth-order valence-electron chi connectivity index (χ4n) is 6.87. The molecule has 1 aliphatic rings. The molecule has 1 aliphatic heterocycles. The van der Waals surface area contributed by atoms with Gasteiger partial charge in [-0.15, -0.1) is 0 Å². The molecule has 0 unspecified atom stereocenters. The first-order valence-corrected chi connectivity index (χ1v) is 16.1. The Hall–Kier alpha value is -4.79. The van der Waals surface area contributed by atoms with E-state index in [4.69, 9.17) is 0 Å². The van der Waals surface area contributed by atoms with Gasteiger partial charge in [-0.2, -0.15) is 0 Å². The van der Waals surface area contributed by atoms with Crippen molar-refractivity contribution < 1.29 is 0 Å². The predicted molar refractivity (Wildman–Crippen MR) is 191 cm³/mol. The quantitative estimate of drug-likeness (QED) is 0.183. The first-order chi connectivity index (χ1) is 21.6. The summed E-state index contributed by atoms with van der Waals surface area (Å²) in [6.45, 7) is 4.62. The second-order valence-electron chi connectivity index (χ2n) is 11.8. The zero-order chi connectivity index (χ0) is 29.6. The monoisotopic (exact) mass is 578 g/mol. The largest absolute Gasteiger partial charge is 0.241 e. The molecule has 0 saturated carbocycles. The minimum Gasteiger partial charge on any atom is -0.0888 e. The van der Waals surface area contributed by atoms with Crippen molar-refractivity contribution in [2.45, 2.75) is 23.6 Å². The molecule has 0 atom stereocenters. The Morgan fingerprint density at radius 1 is 0.432 bits per heavy atom. The number of benzene rings is 7. The molecule has 7 aromatic rings. The van der Waals surface area contributed by atoms with Crippen LogP contribution in [0.2, 0.25) is 0 Å². The van der Waals surface area contributed by atoms with Crippen LogP contribution in [0.3, 0.4) is 0 Å². The molecule has 44 heavy (non-hydrogen) atoms. The highest BCUT2D eigenvalue weighted by molar-refractivity contribution is 7.99. The van der Waals surface area contributed by atoms with Crippen molar-refractivity contribution in [1.82, 2.24) is 0 Å². The molecule has 0 fully saturated rings. The van der Waals surface area contributed by atoms with Crippen molar-refractivity contribution in [3.8, 4) is 33.4 Å². The van der Waals surface area contributed by atoms with E-state index in [0.29, 0.717) is 0 Å². The van der Waals surface area contributed by atoms with E-state index in [9.17, 15) is 0 Å². The molecule has 0 saturated heterocycles. The standard InChI is InChI=1S/C42H31BS/c1-28-11-3-5-20-38(28)43(39-21-6-4-12-29(39)2)35-18-8-17-33(26-35)31-15-7-16-32(25-31)34-23-24-40-37(27-34)36-19-9-13-30-14-10-22-41(44-40)42(30)36/h3-27H,1-2H3. The van der Waals surface area contributed by atoms with Crippen LogP contribution in [0, 0.1) is 13.8 Å². The van der Waals surface area contributed by atoms with Gasteiger partial charge in [-0.25, -0.2) is 0 Å². The molecule has 0 spiro atoms. The van der Waals surface area contributed by atoms with E-state index < -0.39 is 0 Å². The van der Waals surface area contributed by atoms with Crippen molar-refractivity contribution in [3.63, 3.8) is 0 Å². The number of rotatable bonds is 5. The summed E-state index contributed by atoms with van der Waals surface area (Å²) in [6, 6.07) is 56.1. The van der Waals surface area contributed by atoms with Gasteiger partial charge < -0.3 is 0 Å². The molecule has 0 N–H and O–H groups in total. The van der Waals surface area contributed by atoms with Gasteiger partial charge in [0.25, 0.3) is 0 Å². The fourth-order valence-corrected chi connectivity index (χ4v) is 8.00. The fraction of sp³-hybridized carbons (Fsp3) is 0.0476. The van der Waals surface area contributed by atoms with Crippen LogP contribution in [0.15, 0.2) is 161 Å². The van der Waals surface area contributed by atoms with Crippen LogP contribution in [0.5, 0.6) is 0 Å². The summed E-state index contributed by atoms with van der Waals surface area (Å²) in [5.41, 5.74) is 14.3. The average Bonchev–Trinajstić information content (AvgIpc) is 3.07. The smallest absolute Gasteiger partial charge is 0.0888 e. The number of hydrogen-bond acceptors (Lipinski definition) is 1. The zero-order valence-corrected chi connectivity index (χ0v) is 25.7. The van der Waals surface area contributed by atoms with E-state index in [0.717, 1.165) is 0 Å². The molecular weight excluding hydrogens is 547 g/mol. The third-order valence-electron chi connectivity index (χ3n) is 9.10. The Labute approximate surface area is 264 Å². The Balaban J connectivity index is 1.20. The van der Waals surface area contributed by atoms with E-state index in [1.807, 2.05) is 11.8 Å². The van der Waals surface area contributed by atoms with Crippen LogP contribution in [-0.2, 0) is 0 Å². The normalized spacial score (nSPS) is 11.8. The molecule has 0 radical (unpaired) electrons. The molecule has 1 heterocycles. The Morgan fingerprint density at radius 2 is 1.02 bits per heavy atom. The second kappa shape index (κ2) is 11.0. The Bertz CT molecular complexity index is 2140. The van der Waals surface area contributed by atoms with Crippen LogP contribution in [0.1, 0.15) is 11.1 Å². The summed E-state index contributed by atoms with van der Waals surface area (Å²) in [6.07, 6.45) is 0. The first-order valence-electron chi connectivity index (χ1n) is 15.3. The summed E-state index contributed by atoms with van der Waals surface area (Å²) < 4.78 is 0. The maximum Gasteiger partial charge on any atom is 0.241 e. The van der Waals surface area contributed by atoms with E-state index in [1.165, 1.54) is 81.5 Å². The number of hydrogen-bond donors (Lipinski definition) is 0. The minimum atomic E-state index is 0.171. The van der Waals surface area contributed by atoms with Crippen molar-refractivity contribution >= 4 is 45.6 Å². The highest BCUT2D eigenvalue weighted by Crippen LogP contribution is 2.48. The third-order valence-corrected chi connectivity index (χ3v) is 10.2. The zero-order valence-electron chi connectivity index (χ0n) is 24.9. The predicted octanol–water partition coefficient (Wildman–Crippen LogP) is 9.44. The van der Waals surface area contributed by atoms with Crippen molar-refractivity contribution in [3.05, 3.63) is 163 Å². The highest BCUT2D eigenvalue weighted by Gasteiger charge is 2.25. The van der Waals surface area contributed by atoms with E-state index in [2.05, 4.69) is 166 Å². The maximum atomic E-state index is 2.39. The van der Waals surface area contributed by atoms with Crippen LogP contribution in [0.4, 0.5) is 0 Å². The van der Waals surface area contributed by atoms with Gasteiger partial charge >= 0.3 is 0 Å². The first kappa shape index (κ1) is 26.8. The van der Waals surface area contributed by atoms with Gasteiger partial charge in [0.15, 0.2) is 0 Å². The SMILES string of the molecule is Cc1ccccc1B(c1cccc(-c2cccc(-c3ccc4c(c3)-c3cccc5cccc(c35)S4)c2)c1)c1ccccc1C. The molecule has 7 aromatic carbocycles. The Morgan fingerprint density at radius 3 is 1.73 bits per heavy atom. The van der Waals surface area contributed by atoms with Gasteiger partial charge in [0.1, 0.15) is 0 Å². The van der Waals surface area contributed by atoms with Gasteiger partial charge in [-0.05, 0) is 76.9 Å². The number of aryl methyl sites for hydroxylation is 2. The summed E-state index contributed by atoms with van der Waals surface area (Å²) in [4.78, 5) is 2.66. The minimum absolute atomic E-state index is 0.171. The maximum absolute atomic E-state index is 2.39. The molecule has 0 nitrogen and oxygen atoms in total. The van der Waals surface area contributed by atoms with Crippen LogP contribution in [0.25, 0.3) is 44.2 Å². The molecule has 0 aromatic heterocycles. The van der Waals surface area contributed by atoms with E-state index >= 15 is 0 Å². The van der Waals surface area contributed by atoms with Gasteiger partial charge in [0.05, 0.1) is 0 Å². The van der Waals surface area contributed by atoms with Crippen molar-refractivity contribution in [2.24, 2.45) is 0 Å². The number of fused-ring (bicyclic) bond motifs is 2. The summed E-state index contributed by atoms with van der Waals surface area (Å²) in [5.74, 6) is 0. The van der Waals surface area contributed by atoms with Gasteiger partial charge in [-0.1, -0.05) is 167 Å². The lowest BCUT2D eigenvalue weighted by Gasteiger charge is -2.21. The molecular formula is C42H31BS. The van der Waals surface area contributed by atoms with E-state index in [-0.39, 0.29) is 6.71 Å². The second-order valence-corrected chi connectivity index (χ2v) is 12.9. The average molecular weight is 579 g/mol.